The van der Waals surface area contributed by atoms with Gasteiger partial charge in [0.05, 0.1) is 33.4 Å². The quantitative estimate of drug-likeness (QED) is 0.223. The summed E-state index contributed by atoms with van der Waals surface area (Å²) in [5.74, 6) is 0. The van der Waals surface area contributed by atoms with Crippen LogP contribution in [0.25, 0.3) is 66.1 Å². The normalized spacial score (nSPS) is 11.8. The number of fused-ring (bicyclic) bond motifs is 6. The number of hydrogen-bond donors (Lipinski definition) is 0. The van der Waals surface area contributed by atoms with Crippen LogP contribution >= 0.6 is 0 Å². The van der Waals surface area contributed by atoms with Gasteiger partial charge in [-0.05, 0) is 61.4 Å². The third-order valence-electron chi connectivity index (χ3n) is 8.24. The van der Waals surface area contributed by atoms with Gasteiger partial charge in [0.15, 0.2) is 0 Å². The molecule has 6 aromatic carbocycles. The van der Waals surface area contributed by atoms with Crippen LogP contribution in [0, 0.1) is 13.8 Å². The van der Waals surface area contributed by atoms with Crippen LogP contribution in [0.3, 0.4) is 0 Å². The second-order valence-corrected chi connectivity index (χ2v) is 10.8. The molecule has 2 aromatic heterocycles. The standard InChI is InChI=1S/C38H28N2/c1-25-19-21-31(37(23-25)39-33-15-7-3-11-27(33)28-12-4-8-16-34(28)39)32-22-20-26(2)24-38(32)40-35-17-9-5-13-29(35)30-14-6-10-18-36(30)40/h3-24H,1-2H3. The van der Waals surface area contributed by atoms with Crippen molar-refractivity contribution in [3.8, 4) is 22.5 Å². The van der Waals surface area contributed by atoms with E-state index in [2.05, 4.69) is 156 Å². The summed E-state index contributed by atoms with van der Waals surface area (Å²) < 4.78 is 4.89. The van der Waals surface area contributed by atoms with E-state index >= 15 is 0 Å². The Bertz CT molecular complexity index is 1970. The van der Waals surface area contributed by atoms with Gasteiger partial charge in [-0.25, -0.2) is 0 Å². The molecule has 0 saturated heterocycles. The van der Waals surface area contributed by atoms with Crippen molar-refractivity contribution in [2.75, 3.05) is 0 Å². The lowest BCUT2D eigenvalue weighted by Gasteiger charge is -2.19. The first kappa shape index (κ1) is 22.9. The maximum atomic E-state index is 2.45. The molecule has 0 radical (unpaired) electrons. The van der Waals surface area contributed by atoms with E-state index < -0.39 is 0 Å². The van der Waals surface area contributed by atoms with Crippen LogP contribution in [-0.4, -0.2) is 9.13 Å². The van der Waals surface area contributed by atoms with Crippen molar-refractivity contribution >= 4 is 43.6 Å². The summed E-state index contributed by atoms with van der Waals surface area (Å²) in [7, 11) is 0. The molecule has 0 unspecified atom stereocenters. The van der Waals surface area contributed by atoms with Gasteiger partial charge in [-0.15, -0.1) is 0 Å². The molecule has 0 aliphatic heterocycles. The summed E-state index contributed by atoms with van der Waals surface area (Å²) in [5.41, 5.74) is 12.2. The van der Waals surface area contributed by atoms with E-state index in [-0.39, 0.29) is 0 Å². The first-order chi connectivity index (χ1) is 19.7. The topological polar surface area (TPSA) is 9.86 Å². The van der Waals surface area contributed by atoms with Crippen LogP contribution < -0.4 is 0 Å². The van der Waals surface area contributed by atoms with Crippen LogP contribution in [0.15, 0.2) is 133 Å². The third kappa shape index (κ3) is 3.29. The molecule has 0 aliphatic carbocycles. The number of aromatic nitrogens is 2. The van der Waals surface area contributed by atoms with Crippen molar-refractivity contribution in [3.05, 3.63) is 145 Å². The van der Waals surface area contributed by atoms with E-state index in [1.807, 2.05) is 0 Å². The Labute approximate surface area is 233 Å². The second-order valence-electron chi connectivity index (χ2n) is 10.8. The van der Waals surface area contributed by atoms with Crippen molar-refractivity contribution < 1.29 is 0 Å². The number of nitrogens with zero attached hydrogens (tertiary/aromatic N) is 2. The van der Waals surface area contributed by atoms with Crippen LogP contribution in [0.4, 0.5) is 0 Å². The maximum absolute atomic E-state index is 2.45. The van der Waals surface area contributed by atoms with Crippen LogP contribution in [0.5, 0.6) is 0 Å². The van der Waals surface area contributed by atoms with Crippen LogP contribution in [0.2, 0.25) is 0 Å². The maximum Gasteiger partial charge on any atom is 0.0543 e. The molecule has 40 heavy (non-hydrogen) atoms. The van der Waals surface area contributed by atoms with E-state index in [4.69, 9.17) is 0 Å². The van der Waals surface area contributed by atoms with E-state index in [1.54, 1.807) is 0 Å². The summed E-state index contributed by atoms with van der Waals surface area (Å²) in [6, 6.07) is 48.8. The lowest BCUT2D eigenvalue weighted by atomic mass is 9.98. The molecule has 0 saturated carbocycles. The van der Waals surface area contributed by atoms with Crippen molar-refractivity contribution in [1.29, 1.82) is 0 Å². The highest BCUT2D eigenvalue weighted by Crippen LogP contribution is 2.41. The first-order valence-corrected chi connectivity index (χ1v) is 13.9. The van der Waals surface area contributed by atoms with Crippen molar-refractivity contribution in [3.63, 3.8) is 0 Å². The summed E-state index contributed by atoms with van der Waals surface area (Å²) in [6.45, 7) is 4.37. The molecule has 8 aromatic rings. The number of para-hydroxylation sites is 4. The predicted octanol–water partition coefficient (Wildman–Crippen LogP) is 10.2. The lowest BCUT2D eigenvalue weighted by Crippen LogP contribution is -2.02. The van der Waals surface area contributed by atoms with Gasteiger partial charge in [0, 0.05) is 32.7 Å². The summed E-state index contributed by atoms with van der Waals surface area (Å²) >= 11 is 0. The van der Waals surface area contributed by atoms with Gasteiger partial charge in [0.1, 0.15) is 0 Å². The molecular weight excluding hydrogens is 484 g/mol. The average Bonchev–Trinajstić information content (AvgIpc) is 3.50. The molecular formula is C38H28N2. The summed E-state index contributed by atoms with van der Waals surface area (Å²) in [5, 5.41) is 5.10. The predicted molar refractivity (Wildman–Crippen MR) is 170 cm³/mol. The molecule has 0 amide bonds. The Balaban J connectivity index is 1.50. The molecule has 0 bridgehead atoms. The second kappa shape index (κ2) is 8.72. The minimum absolute atomic E-state index is 1.20. The fourth-order valence-electron chi connectivity index (χ4n) is 6.47. The number of benzene rings is 6. The van der Waals surface area contributed by atoms with E-state index in [0.29, 0.717) is 0 Å². The Kier molecular flexibility index (Phi) is 4.99. The third-order valence-corrected chi connectivity index (χ3v) is 8.24. The first-order valence-electron chi connectivity index (χ1n) is 13.9. The van der Waals surface area contributed by atoms with Crippen LogP contribution in [0.1, 0.15) is 11.1 Å². The lowest BCUT2D eigenvalue weighted by molar-refractivity contribution is 1.15. The fourth-order valence-corrected chi connectivity index (χ4v) is 6.47. The largest absolute Gasteiger partial charge is 0.309 e. The monoisotopic (exact) mass is 512 g/mol. The van der Waals surface area contributed by atoms with E-state index in [9.17, 15) is 0 Å². The number of rotatable bonds is 3. The molecule has 2 nitrogen and oxygen atoms in total. The molecule has 0 fully saturated rings. The molecule has 8 rings (SSSR count). The highest BCUT2D eigenvalue weighted by atomic mass is 15.0. The average molecular weight is 513 g/mol. The zero-order chi connectivity index (χ0) is 26.8. The van der Waals surface area contributed by atoms with Crippen molar-refractivity contribution in [1.82, 2.24) is 9.13 Å². The Morgan fingerprint density at radius 1 is 0.350 bits per heavy atom. The molecule has 2 heteroatoms. The Hall–Kier alpha value is -5.08. The zero-order valence-electron chi connectivity index (χ0n) is 22.6. The molecule has 0 aliphatic rings. The number of hydrogen-bond acceptors (Lipinski definition) is 0. The van der Waals surface area contributed by atoms with Gasteiger partial charge in [0.2, 0.25) is 0 Å². The van der Waals surface area contributed by atoms with Gasteiger partial charge in [-0.1, -0.05) is 97.1 Å². The summed E-state index contributed by atoms with van der Waals surface area (Å²) in [4.78, 5) is 0. The molecule has 0 atom stereocenters. The van der Waals surface area contributed by atoms with Crippen LogP contribution in [-0.2, 0) is 0 Å². The molecule has 2 heterocycles. The summed E-state index contributed by atoms with van der Waals surface area (Å²) in [6.07, 6.45) is 0. The minimum Gasteiger partial charge on any atom is -0.309 e. The molecule has 190 valence electrons. The van der Waals surface area contributed by atoms with Gasteiger partial charge < -0.3 is 9.13 Å². The smallest absolute Gasteiger partial charge is 0.0543 e. The van der Waals surface area contributed by atoms with Crippen molar-refractivity contribution in [2.45, 2.75) is 13.8 Å². The van der Waals surface area contributed by atoms with E-state index in [0.717, 1.165) is 0 Å². The Morgan fingerprint density at radius 2 is 0.650 bits per heavy atom. The Morgan fingerprint density at radius 3 is 0.975 bits per heavy atom. The molecule has 0 N–H and O–H groups in total. The fraction of sp³-hybridized carbons (Fsp3) is 0.0526. The van der Waals surface area contributed by atoms with Crippen molar-refractivity contribution in [2.24, 2.45) is 0 Å². The SMILES string of the molecule is Cc1ccc(-c2ccc(C)cc2-n2c3ccccc3c3ccccc32)c(-n2c3ccccc3c3ccccc32)c1. The highest BCUT2D eigenvalue weighted by Gasteiger charge is 2.20. The molecule has 0 spiro atoms. The van der Waals surface area contributed by atoms with E-state index in [1.165, 1.54) is 77.2 Å². The highest BCUT2D eigenvalue weighted by molar-refractivity contribution is 6.11. The van der Waals surface area contributed by atoms with Gasteiger partial charge in [0.25, 0.3) is 0 Å². The van der Waals surface area contributed by atoms with Gasteiger partial charge >= 0.3 is 0 Å². The van der Waals surface area contributed by atoms with Gasteiger partial charge in [-0.3, -0.25) is 0 Å². The zero-order valence-corrected chi connectivity index (χ0v) is 22.6. The number of aryl methyl sites for hydroxylation is 2. The van der Waals surface area contributed by atoms with Gasteiger partial charge in [-0.2, -0.15) is 0 Å². The minimum atomic E-state index is 1.20.